The Bertz CT molecular complexity index is 2520. The Kier molecular flexibility index (Phi) is 9.40. The summed E-state index contributed by atoms with van der Waals surface area (Å²) in [5.74, 6) is 0.860. The van der Waals surface area contributed by atoms with Crippen molar-refractivity contribution in [3.63, 3.8) is 0 Å². The molecule has 264 valence electrons. The summed E-state index contributed by atoms with van der Waals surface area (Å²) in [4.78, 5) is 11.4. The van der Waals surface area contributed by atoms with Crippen LogP contribution in [0, 0.1) is 41.5 Å². The van der Waals surface area contributed by atoms with Gasteiger partial charge in [0.1, 0.15) is 12.1 Å². The molecule has 8 aromatic rings. The van der Waals surface area contributed by atoms with E-state index >= 15 is 0 Å². The van der Waals surface area contributed by atoms with Crippen LogP contribution in [0.2, 0.25) is 0 Å². The second-order valence-corrected chi connectivity index (χ2v) is 14.6. The molecule has 0 unspecified atom stereocenters. The summed E-state index contributed by atoms with van der Waals surface area (Å²) in [6.45, 7) is 13.5. The van der Waals surface area contributed by atoms with E-state index in [2.05, 4.69) is 191 Å². The number of rotatable bonds is 8. The van der Waals surface area contributed by atoms with Gasteiger partial charge in [-0.05, 0) is 132 Å². The van der Waals surface area contributed by atoms with Crippen molar-refractivity contribution in [2.45, 2.75) is 47.5 Å². The second-order valence-electron chi connectivity index (χ2n) is 14.6. The van der Waals surface area contributed by atoms with E-state index in [0.29, 0.717) is 0 Å². The van der Waals surface area contributed by atoms with E-state index in [9.17, 15) is 0 Å². The van der Waals surface area contributed by atoms with Crippen molar-refractivity contribution in [3.05, 3.63) is 208 Å². The van der Waals surface area contributed by atoms with Crippen LogP contribution in [0.4, 0.5) is 17.2 Å². The number of hydrogen-bond donors (Lipinski definition) is 0. The molecule has 3 heteroatoms. The van der Waals surface area contributed by atoms with Gasteiger partial charge in [0.05, 0.1) is 5.69 Å². The third-order valence-corrected chi connectivity index (χ3v) is 10.8. The first-order valence-corrected chi connectivity index (χ1v) is 18.8. The van der Waals surface area contributed by atoms with Crippen molar-refractivity contribution in [2.24, 2.45) is 0 Å². The zero-order valence-electron chi connectivity index (χ0n) is 31.9. The maximum atomic E-state index is 4.84. The fraction of sp³-hybridized carbons (Fsp3) is 0.137. The summed E-state index contributed by atoms with van der Waals surface area (Å²) < 4.78 is 0. The van der Waals surface area contributed by atoms with Crippen LogP contribution >= 0.6 is 0 Å². The van der Waals surface area contributed by atoms with Gasteiger partial charge in [-0.25, -0.2) is 9.97 Å². The van der Waals surface area contributed by atoms with E-state index in [1.165, 1.54) is 77.5 Å². The molecule has 0 saturated heterocycles. The molecule has 0 atom stereocenters. The highest BCUT2D eigenvalue weighted by atomic mass is 15.2. The molecule has 0 aliphatic heterocycles. The van der Waals surface area contributed by atoms with Crippen molar-refractivity contribution < 1.29 is 0 Å². The zero-order chi connectivity index (χ0) is 37.3. The molecule has 1 heterocycles. The summed E-state index contributed by atoms with van der Waals surface area (Å²) in [6.07, 6.45) is 3.46. The van der Waals surface area contributed by atoms with Crippen molar-refractivity contribution in [1.82, 2.24) is 9.97 Å². The average molecular weight is 700 g/mol. The number of benzene rings is 7. The predicted molar refractivity (Wildman–Crippen MR) is 227 cm³/mol. The van der Waals surface area contributed by atoms with Gasteiger partial charge in [0.25, 0.3) is 0 Å². The van der Waals surface area contributed by atoms with Gasteiger partial charge >= 0.3 is 0 Å². The molecule has 0 amide bonds. The van der Waals surface area contributed by atoms with E-state index in [1.54, 1.807) is 6.33 Å². The van der Waals surface area contributed by atoms with Crippen molar-refractivity contribution >= 4 is 28.0 Å². The van der Waals surface area contributed by atoms with Crippen LogP contribution in [0.25, 0.3) is 33.0 Å². The smallest absolute Gasteiger partial charge is 0.140 e. The lowest BCUT2D eigenvalue weighted by Crippen LogP contribution is -2.14. The number of fused-ring (bicyclic) bond motifs is 1. The fourth-order valence-corrected chi connectivity index (χ4v) is 8.73. The Morgan fingerprint density at radius 2 is 1.04 bits per heavy atom. The maximum absolute atomic E-state index is 4.84. The van der Waals surface area contributed by atoms with Crippen LogP contribution in [0.1, 0.15) is 56.0 Å². The normalized spacial score (nSPS) is 11.3. The first-order valence-electron chi connectivity index (χ1n) is 18.8. The highest BCUT2D eigenvalue weighted by molar-refractivity contribution is 6.01. The van der Waals surface area contributed by atoms with E-state index in [-0.39, 0.29) is 5.92 Å². The van der Waals surface area contributed by atoms with Gasteiger partial charge in [0.2, 0.25) is 0 Å². The molecule has 0 radical (unpaired) electrons. The average Bonchev–Trinajstić information content (AvgIpc) is 3.18. The molecule has 3 nitrogen and oxygen atoms in total. The van der Waals surface area contributed by atoms with E-state index in [4.69, 9.17) is 4.98 Å². The van der Waals surface area contributed by atoms with E-state index in [1.807, 2.05) is 12.3 Å². The summed E-state index contributed by atoms with van der Waals surface area (Å²) in [7, 11) is 0. The third-order valence-electron chi connectivity index (χ3n) is 10.8. The minimum Gasteiger partial charge on any atom is -0.294 e. The lowest BCUT2D eigenvalue weighted by atomic mass is 9.75. The van der Waals surface area contributed by atoms with Gasteiger partial charge in [0, 0.05) is 23.2 Å². The quantitative estimate of drug-likeness (QED) is 0.148. The lowest BCUT2D eigenvalue weighted by Gasteiger charge is -2.30. The molecular formula is C51H45N3. The molecule has 0 aliphatic rings. The Morgan fingerprint density at radius 3 is 1.65 bits per heavy atom. The van der Waals surface area contributed by atoms with Crippen LogP contribution in [0.5, 0.6) is 0 Å². The van der Waals surface area contributed by atoms with Crippen LogP contribution in [0.15, 0.2) is 158 Å². The standard InChI is InChI=1S/C51H45N3/c1-33-27-35(3)49(36(4)28-33)51(50-37(5)29-34(2)30-38(50)6)46-23-24-47(45-22-13-12-21-44(45)46)54(48-25-26-52-32-53-48)41-18-14-17-40(31-41)43-20-11-10-19-42(43)39-15-8-7-9-16-39/h7-32,51H,1-6H3. The Hall–Kier alpha value is -6.32. The van der Waals surface area contributed by atoms with Gasteiger partial charge in [-0.3, -0.25) is 4.90 Å². The lowest BCUT2D eigenvalue weighted by molar-refractivity contribution is 0.928. The number of hydrogen-bond acceptors (Lipinski definition) is 3. The van der Waals surface area contributed by atoms with Crippen LogP contribution in [-0.4, -0.2) is 9.97 Å². The minimum atomic E-state index is 0.0514. The molecular weight excluding hydrogens is 655 g/mol. The second kappa shape index (κ2) is 14.6. The monoisotopic (exact) mass is 699 g/mol. The molecule has 54 heavy (non-hydrogen) atoms. The molecule has 1 aromatic heterocycles. The summed E-state index contributed by atoms with van der Waals surface area (Å²) in [5, 5.41) is 2.39. The summed E-state index contributed by atoms with van der Waals surface area (Å²) in [5.41, 5.74) is 18.7. The SMILES string of the molecule is Cc1cc(C)c(C(c2c(C)cc(C)cc2C)c2ccc(N(c3cccc(-c4ccccc4-c4ccccc4)c3)c3ccncn3)c3ccccc23)c(C)c1. The fourth-order valence-electron chi connectivity index (χ4n) is 8.73. The molecule has 0 fully saturated rings. The van der Waals surface area contributed by atoms with Crippen LogP contribution in [0.3, 0.4) is 0 Å². The predicted octanol–water partition coefficient (Wildman–Crippen LogP) is 13.5. The van der Waals surface area contributed by atoms with E-state index in [0.717, 1.165) is 22.8 Å². The van der Waals surface area contributed by atoms with Crippen LogP contribution in [-0.2, 0) is 0 Å². The third kappa shape index (κ3) is 6.47. The Balaban J connectivity index is 1.36. The van der Waals surface area contributed by atoms with Crippen LogP contribution < -0.4 is 4.90 Å². The number of nitrogens with zero attached hydrogens (tertiary/aromatic N) is 3. The Labute approximate surface area is 319 Å². The first-order chi connectivity index (χ1) is 26.3. The van der Waals surface area contributed by atoms with Crippen molar-refractivity contribution in [3.8, 4) is 22.3 Å². The molecule has 0 bridgehead atoms. The molecule has 8 rings (SSSR count). The van der Waals surface area contributed by atoms with Gasteiger partial charge in [-0.2, -0.15) is 0 Å². The molecule has 0 saturated carbocycles. The molecule has 0 spiro atoms. The van der Waals surface area contributed by atoms with Crippen molar-refractivity contribution in [1.29, 1.82) is 0 Å². The topological polar surface area (TPSA) is 29.0 Å². The van der Waals surface area contributed by atoms with Gasteiger partial charge in [-0.15, -0.1) is 0 Å². The molecule has 0 N–H and O–H groups in total. The highest BCUT2D eigenvalue weighted by Gasteiger charge is 2.28. The number of anilines is 3. The highest BCUT2D eigenvalue weighted by Crippen LogP contribution is 2.46. The molecule has 0 aliphatic carbocycles. The van der Waals surface area contributed by atoms with Crippen molar-refractivity contribution in [2.75, 3.05) is 4.90 Å². The minimum absolute atomic E-state index is 0.0514. The zero-order valence-corrected chi connectivity index (χ0v) is 31.9. The summed E-state index contributed by atoms with van der Waals surface area (Å²) >= 11 is 0. The largest absolute Gasteiger partial charge is 0.294 e. The van der Waals surface area contributed by atoms with Gasteiger partial charge in [0.15, 0.2) is 0 Å². The van der Waals surface area contributed by atoms with Gasteiger partial charge in [-0.1, -0.05) is 132 Å². The number of aromatic nitrogens is 2. The Morgan fingerprint density at radius 1 is 0.481 bits per heavy atom. The number of aryl methyl sites for hydroxylation is 6. The van der Waals surface area contributed by atoms with Gasteiger partial charge < -0.3 is 0 Å². The van der Waals surface area contributed by atoms with E-state index < -0.39 is 0 Å². The molecule has 7 aromatic carbocycles. The summed E-state index contributed by atoms with van der Waals surface area (Å²) in [6, 6.07) is 53.0. The first kappa shape index (κ1) is 34.7. The maximum Gasteiger partial charge on any atom is 0.140 e.